The fourth-order valence-corrected chi connectivity index (χ4v) is 3.96. The summed E-state index contributed by atoms with van der Waals surface area (Å²) in [7, 11) is 0. The number of unbranched alkanes of at least 4 members (excludes halogenated alkanes) is 1. The summed E-state index contributed by atoms with van der Waals surface area (Å²) in [6.07, 6.45) is 1.96. The molecule has 6 nitrogen and oxygen atoms in total. The highest BCUT2D eigenvalue weighted by molar-refractivity contribution is 6.18. The minimum atomic E-state index is -0.344. The fourth-order valence-electron chi connectivity index (χ4n) is 3.96. The maximum atomic E-state index is 13.9. The summed E-state index contributed by atoms with van der Waals surface area (Å²) in [6.45, 7) is 3.03. The smallest absolute Gasteiger partial charge is 0.326 e. The average molecular weight is 442 g/mol. The van der Waals surface area contributed by atoms with E-state index in [1.807, 2.05) is 78.9 Å². The van der Waals surface area contributed by atoms with Crippen molar-refractivity contribution in [2.24, 2.45) is 5.73 Å². The predicted octanol–water partition coefficient (Wildman–Crippen LogP) is 4.53. The van der Waals surface area contributed by atoms with Crippen LogP contribution in [0.2, 0.25) is 0 Å². The summed E-state index contributed by atoms with van der Waals surface area (Å²) in [5.74, 6) is 0.439. The Balaban J connectivity index is 1.81. The molecule has 0 atom stereocenters. The van der Waals surface area contributed by atoms with Crippen molar-refractivity contribution in [1.82, 2.24) is 0 Å². The first-order valence-corrected chi connectivity index (χ1v) is 11.3. The van der Waals surface area contributed by atoms with E-state index in [1.165, 1.54) is 4.90 Å². The largest absolute Gasteiger partial charge is 0.451 e. The van der Waals surface area contributed by atoms with Gasteiger partial charge < -0.3 is 5.73 Å². The van der Waals surface area contributed by atoms with Crippen molar-refractivity contribution in [3.8, 4) is 0 Å². The summed E-state index contributed by atoms with van der Waals surface area (Å²) in [5, 5.41) is 3.44. The number of urea groups is 1. The maximum absolute atomic E-state index is 13.9. The van der Waals surface area contributed by atoms with Gasteiger partial charge >= 0.3 is 6.03 Å². The quantitative estimate of drug-likeness (QED) is 0.335. The Morgan fingerprint density at radius 2 is 1.70 bits per heavy atom. The maximum Gasteiger partial charge on any atom is 0.451 e. The van der Waals surface area contributed by atoms with Gasteiger partial charge in [-0.25, -0.2) is 4.79 Å². The van der Waals surface area contributed by atoms with Crippen LogP contribution in [0.1, 0.15) is 36.5 Å². The van der Waals surface area contributed by atoms with Crippen LogP contribution < -0.4 is 16.0 Å². The van der Waals surface area contributed by atoms with Crippen molar-refractivity contribution in [3.63, 3.8) is 0 Å². The number of carbonyl (C=O) groups excluding carboxylic acids is 2. The van der Waals surface area contributed by atoms with E-state index in [0.717, 1.165) is 35.2 Å². The number of carbonyl (C=O) groups is 2. The van der Waals surface area contributed by atoms with E-state index in [4.69, 9.17) is 5.73 Å². The van der Waals surface area contributed by atoms with Gasteiger partial charge in [-0.15, -0.1) is 0 Å². The second-order valence-electron chi connectivity index (χ2n) is 8.06. The van der Waals surface area contributed by atoms with Gasteiger partial charge in [-0.3, -0.25) is 10.1 Å². The van der Waals surface area contributed by atoms with Crippen molar-refractivity contribution in [2.45, 2.75) is 32.7 Å². The Kier molecular flexibility index (Phi) is 6.95. The van der Waals surface area contributed by atoms with E-state index >= 15 is 0 Å². The van der Waals surface area contributed by atoms with E-state index in [-0.39, 0.29) is 18.4 Å². The second-order valence-corrected chi connectivity index (χ2v) is 8.06. The van der Waals surface area contributed by atoms with Crippen LogP contribution in [0.5, 0.6) is 0 Å². The van der Waals surface area contributed by atoms with Gasteiger partial charge in [0.05, 0.1) is 18.7 Å². The molecule has 3 N–H and O–H groups in total. The molecule has 0 bridgehead atoms. The molecular weight excluding hydrogens is 412 g/mol. The summed E-state index contributed by atoms with van der Waals surface area (Å²) in [4.78, 5) is 28.1. The van der Waals surface area contributed by atoms with Crippen LogP contribution in [-0.4, -0.2) is 28.9 Å². The number of fused-ring (bicyclic) bond motifs is 1. The summed E-state index contributed by atoms with van der Waals surface area (Å²) < 4.78 is 1.69. The number of nitrogens with zero attached hydrogens (tertiary/aromatic N) is 2. The molecule has 3 aromatic carbocycles. The van der Waals surface area contributed by atoms with E-state index < -0.39 is 0 Å². The van der Waals surface area contributed by atoms with Gasteiger partial charge in [0.1, 0.15) is 5.69 Å². The molecule has 0 saturated carbocycles. The number of rotatable bonds is 6. The zero-order valence-corrected chi connectivity index (χ0v) is 18.8. The predicted molar refractivity (Wildman–Crippen MR) is 132 cm³/mol. The zero-order chi connectivity index (χ0) is 23.2. The molecule has 0 unspecified atom stereocenters. The molecule has 1 heterocycles. The molecule has 6 heteroatoms. The monoisotopic (exact) mass is 441 g/mol. The first kappa shape index (κ1) is 22.4. The zero-order valence-electron chi connectivity index (χ0n) is 18.8. The molecule has 3 amide bonds. The minimum Gasteiger partial charge on any atom is -0.326 e. The van der Waals surface area contributed by atoms with Crippen LogP contribution in [0.25, 0.3) is 0 Å². The van der Waals surface area contributed by atoms with Crippen LogP contribution in [0.4, 0.5) is 16.2 Å². The molecule has 3 aromatic rings. The number of amidine groups is 1. The third kappa shape index (κ3) is 4.86. The van der Waals surface area contributed by atoms with Gasteiger partial charge in [0, 0.05) is 17.7 Å². The fraction of sp³-hybridized carbons (Fsp3) is 0.222. The average Bonchev–Trinajstić information content (AvgIpc) is 3.19. The highest BCUT2D eigenvalue weighted by Crippen LogP contribution is 2.29. The number of anilines is 2. The topological polar surface area (TPSA) is 78.4 Å². The van der Waals surface area contributed by atoms with Gasteiger partial charge in [-0.05, 0) is 42.3 Å². The number of benzene rings is 3. The van der Waals surface area contributed by atoms with Crippen LogP contribution in [0.15, 0.2) is 78.9 Å². The lowest BCUT2D eigenvalue weighted by molar-refractivity contribution is -0.425. The van der Waals surface area contributed by atoms with Crippen molar-refractivity contribution in [2.75, 3.05) is 16.8 Å². The number of hydrogen-bond acceptors (Lipinski definition) is 3. The molecule has 4 rings (SSSR count). The molecule has 33 heavy (non-hydrogen) atoms. The first-order chi connectivity index (χ1) is 16.1. The van der Waals surface area contributed by atoms with Crippen molar-refractivity contribution in [3.05, 3.63) is 95.6 Å². The van der Waals surface area contributed by atoms with E-state index in [2.05, 4.69) is 12.2 Å². The van der Waals surface area contributed by atoms with Crippen LogP contribution in [0.3, 0.4) is 0 Å². The number of amides is 3. The van der Waals surface area contributed by atoms with Crippen molar-refractivity contribution < 1.29 is 14.2 Å². The molecule has 0 aromatic heterocycles. The summed E-state index contributed by atoms with van der Waals surface area (Å²) in [6, 6.07) is 24.7. The van der Waals surface area contributed by atoms with E-state index in [0.29, 0.717) is 24.6 Å². The number of nitrogens with one attached hydrogen (secondary N) is 1. The molecule has 0 saturated heterocycles. The molecule has 0 spiro atoms. The van der Waals surface area contributed by atoms with E-state index in [9.17, 15) is 9.59 Å². The summed E-state index contributed by atoms with van der Waals surface area (Å²) in [5.41, 5.74) is 10.0. The van der Waals surface area contributed by atoms with Gasteiger partial charge in [-0.1, -0.05) is 61.9 Å². The molecule has 1 aliphatic heterocycles. The Bertz CT molecular complexity index is 1170. The highest BCUT2D eigenvalue weighted by Gasteiger charge is 2.40. The Morgan fingerprint density at radius 3 is 2.39 bits per heavy atom. The SMILES string of the molecule is CCCC[N+](C(=O)N1C(=O)Cc2ccccc21)=C(Nc1ccc(CN)cc1)c1ccccc1. The second kappa shape index (κ2) is 10.2. The number of nitrogens with two attached hydrogens (primary N) is 1. The van der Waals surface area contributed by atoms with E-state index in [1.54, 1.807) is 4.58 Å². The lowest BCUT2D eigenvalue weighted by atomic mass is 10.1. The highest BCUT2D eigenvalue weighted by atomic mass is 16.2. The number of hydrogen-bond donors (Lipinski definition) is 2. The summed E-state index contributed by atoms with van der Waals surface area (Å²) >= 11 is 0. The molecule has 0 aliphatic carbocycles. The Morgan fingerprint density at radius 1 is 1.00 bits per heavy atom. The minimum absolute atomic E-state index is 0.206. The molecular formula is C27H29N4O2+. The number of imide groups is 1. The van der Waals surface area contributed by atoms with Gasteiger partial charge in [0.2, 0.25) is 5.84 Å². The van der Waals surface area contributed by atoms with Crippen LogP contribution in [0, 0.1) is 0 Å². The van der Waals surface area contributed by atoms with Crippen LogP contribution >= 0.6 is 0 Å². The van der Waals surface area contributed by atoms with Crippen molar-refractivity contribution in [1.29, 1.82) is 0 Å². The van der Waals surface area contributed by atoms with Crippen molar-refractivity contribution >= 4 is 29.1 Å². The van der Waals surface area contributed by atoms with Gasteiger partial charge in [0.25, 0.3) is 5.91 Å². The molecule has 1 aliphatic rings. The third-order valence-corrected chi connectivity index (χ3v) is 5.75. The Hall–Kier alpha value is -3.77. The van der Waals surface area contributed by atoms with Crippen LogP contribution in [-0.2, 0) is 17.8 Å². The molecule has 0 radical (unpaired) electrons. The lowest BCUT2D eigenvalue weighted by Gasteiger charge is -2.18. The van der Waals surface area contributed by atoms with Gasteiger partial charge in [-0.2, -0.15) is 9.48 Å². The Labute approximate surface area is 194 Å². The lowest BCUT2D eigenvalue weighted by Crippen LogP contribution is -2.44. The first-order valence-electron chi connectivity index (χ1n) is 11.3. The standard InChI is InChI=1S/C27H28N4O2/c1-2-3-17-30(27(33)31-24-12-8-7-11-22(24)18-25(31)32)26(21-9-5-4-6-10-21)29-23-15-13-20(19-28)14-16-23/h4-16H,2-3,17-19,28H2,1H3/p+1. The third-order valence-electron chi connectivity index (χ3n) is 5.75. The normalized spacial score (nSPS) is 13.5. The van der Waals surface area contributed by atoms with Gasteiger partial charge in [0.15, 0.2) is 0 Å². The molecule has 168 valence electrons. The molecule has 0 fully saturated rings. The number of para-hydroxylation sites is 1.